The Balaban J connectivity index is -0.00000784. The minimum atomic E-state index is -1.00. The molecule has 4 amide bonds. The second-order valence-corrected chi connectivity index (χ2v) is 14.8. The van der Waals surface area contributed by atoms with E-state index >= 15 is 0 Å². The number of aryl methyl sites for hydroxylation is 1. The summed E-state index contributed by atoms with van der Waals surface area (Å²) in [7, 11) is 1.34. The zero-order chi connectivity index (χ0) is 40.9. The van der Waals surface area contributed by atoms with E-state index in [-0.39, 0.29) is 66.1 Å². The van der Waals surface area contributed by atoms with Crippen molar-refractivity contribution >= 4 is 59.9 Å². The van der Waals surface area contributed by atoms with Gasteiger partial charge < -0.3 is 57.6 Å². The average molecular weight is 877 g/mol. The van der Waals surface area contributed by atoms with E-state index in [0.717, 1.165) is 28.7 Å². The number of carbonyl (C=O) groups excluding carboxylic acids is 6. The highest BCUT2D eigenvalue weighted by atomic mass is 35.5. The van der Waals surface area contributed by atoms with Crippen molar-refractivity contribution in [2.75, 3.05) is 38.8 Å². The Morgan fingerprint density at radius 1 is 0.814 bits per heavy atom. The van der Waals surface area contributed by atoms with Crippen LogP contribution in [0, 0.1) is 26.7 Å². The molecule has 0 aromatic heterocycles. The molecule has 2 aromatic carbocycles. The first-order chi connectivity index (χ1) is 26.2. The van der Waals surface area contributed by atoms with Gasteiger partial charge in [0.15, 0.2) is 0 Å². The summed E-state index contributed by atoms with van der Waals surface area (Å²) in [5, 5.41) is 10.9. The number of methoxy groups -OCH3 is 1. The van der Waals surface area contributed by atoms with E-state index in [1.807, 2.05) is 71.2 Å². The predicted molar refractivity (Wildman–Crippen MR) is 231 cm³/mol. The van der Waals surface area contributed by atoms with Crippen molar-refractivity contribution < 1.29 is 59.4 Å². The average Bonchev–Trinajstić information content (AvgIpc) is 3.16. The number of thioether (sulfide) groups is 1. The number of unbranched alkanes of at least 4 members (excludes halogenated alkanes) is 2. The van der Waals surface area contributed by atoms with Crippen LogP contribution in [0.5, 0.6) is 5.75 Å². The molecule has 59 heavy (non-hydrogen) atoms. The Hall–Kier alpha value is -4.46. The summed E-state index contributed by atoms with van der Waals surface area (Å²) >= 11 is 1.50. The van der Waals surface area contributed by atoms with Gasteiger partial charge in [0.1, 0.15) is 17.8 Å². The highest BCUT2D eigenvalue weighted by molar-refractivity contribution is 7.98. The van der Waals surface area contributed by atoms with E-state index in [0.29, 0.717) is 49.3 Å². The molecule has 2 rings (SSSR count). The Morgan fingerprint density at radius 3 is 2.07 bits per heavy atom. The van der Waals surface area contributed by atoms with Crippen molar-refractivity contribution in [1.82, 2.24) is 21.3 Å². The molecule has 0 saturated heterocycles. The minimum Gasteiger partial charge on any atom is -0.469 e. The monoisotopic (exact) mass is 875 g/mol. The zero-order valence-corrected chi connectivity index (χ0v) is 36.8. The highest BCUT2D eigenvalue weighted by Gasteiger charge is 2.27. The molecule has 0 aliphatic heterocycles. The second kappa shape index (κ2) is 31.5. The molecule has 336 valence electrons. The van der Waals surface area contributed by atoms with Gasteiger partial charge >= 0.3 is 12.1 Å². The van der Waals surface area contributed by atoms with E-state index in [2.05, 4.69) is 26.0 Å². The molecule has 19 heteroatoms. The smallest absolute Gasteiger partial charge is 0.469 e. The lowest BCUT2D eigenvalue weighted by atomic mass is 9.92. The van der Waals surface area contributed by atoms with Gasteiger partial charge in [-0.25, -0.2) is 4.79 Å². The summed E-state index contributed by atoms with van der Waals surface area (Å²) in [6.45, 7) is 9.53. The Kier molecular flexibility index (Phi) is 31.4. The third-order valence-electron chi connectivity index (χ3n) is 8.88. The first-order valence-electron chi connectivity index (χ1n) is 18.6. The molecule has 0 aliphatic rings. The predicted octanol–water partition coefficient (Wildman–Crippen LogP) is 1.53. The van der Waals surface area contributed by atoms with Crippen LogP contribution in [-0.2, 0) is 46.3 Å². The zero-order valence-electron chi connectivity index (χ0n) is 35.1. The topological polar surface area (TPSA) is 299 Å². The molecule has 0 radical (unpaired) electrons. The van der Waals surface area contributed by atoms with Crippen molar-refractivity contribution in [2.24, 2.45) is 11.7 Å². The molecular weight excluding hydrogens is 810 g/mol. The maximum absolute atomic E-state index is 13.3. The number of esters is 1. The van der Waals surface area contributed by atoms with Crippen molar-refractivity contribution in [3.63, 3.8) is 0 Å². The molecule has 0 saturated carbocycles. The maximum atomic E-state index is 13.3. The molecule has 2 aromatic rings. The number of hydrogen-bond acceptors (Lipinski definition) is 11. The van der Waals surface area contributed by atoms with Crippen LogP contribution in [0.1, 0.15) is 73.8 Å². The fourth-order valence-electron chi connectivity index (χ4n) is 5.57. The van der Waals surface area contributed by atoms with Gasteiger partial charge in [-0.1, -0.05) is 50.6 Å². The number of benzene rings is 2. The maximum Gasteiger partial charge on any atom is 0.513 e. The van der Waals surface area contributed by atoms with E-state index in [1.165, 1.54) is 18.9 Å². The molecule has 1 unspecified atom stereocenters. The van der Waals surface area contributed by atoms with Gasteiger partial charge in [0.2, 0.25) is 23.6 Å². The summed E-state index contributed by atoms with van der Waals surface area (Å²) in [5.74, 6) is -1.25. The Bertz CT molecular complexity index is 1600. The number of halogens is 1. The number of ether oxygens (including phenoxy) is 3. The number of hydrogen-bond donors (Lipinski definition) is 5. The lowest BCUT2D eigenvalue weighted by Gasteiger charge is -2.23. The van der Waals surface area contributed by atoms with E-state index < -0.39 is 48.5 Å². The largest absolute Gasteiger partial charge is 0.513 e. The number of rotatable bonds is 23. The van der Waals surface area contributed by atoms with E-state index in [9.17, 15) is 28.8 Å². The number of nitrogens with one attached hydrogen (secondary N) is 4. The molecular formula is C40H66ClN5O12S. The van der Waals surface area contributed by atoms with Crippen LogP contribution >= 0.6 is 24.2 Å². The van der Waals surface area contributed by atoms with Crippen LogP contribution in [0.25, 0.3) is 0 Å². The van der Waals surface area contributed by atoms with Crippen LogP contribution in [0.3, 0.4) is 0 Å². The Morgan fingerprint density at radius 2 is 1.46 bits per heavy atom. The summed E-state index contributed by atoms with van der Waals surface area (Å²) in [6.07, 6.45) is 4.09. The van der Waals surface area contributed by atoms with Gasteiger partial charge in [0.25, 0.3) is 0 Å². The Labute approximate surface area is 357 Å². The highest BCUT2D eigenvalue weighted by Crippen LogP contribution is 2.29. The normalized spacial score (nSPS) is 11.7. The van der Waals surface area contributed by atoms with E-state index in [4.69, 9.17) is 15.2 Å². The molecule has 0 fully saturated rings. The summed E-state index contributed by atoms with van der Waals surface area (Å²) in [5.41, 5.74) is 10.3. The van der Waals surface area contributed by atoms with Crippen LogP contribution in [0.4, 0.5) is 4.79 Å². The lowest BCUT2D eigenvalue weighted by molar-refractivity contribution is -0.140. The molecule has 0 spiro atoms. The molecule has 0 bridgehead atoms. The van der Waals surface area contributed by atoms with Gasteiger partial charge in [0.05, 0.1) is 26.3 Å². The summed E-state index contributed by atoms with van der Waals surface area (Å²) < 4.78 is 15.2. The molecule has 0 heterocycles. The van der Waals surface area contributed by atoms with Gasteiger partial charge in [-0.15, -0.1) is 12.4 Å². The molecule has 0 aliphatic carbocycles. The van der Waals surface area contributed by atoms with Crippen molar-refractivity contribution in [1.29, 1.82) is 0 Å². The van der Waals surface area contributed by atoms with Gasteiger partial charge in [-0.05, 0) is 98.3 Å². The van der Waals surface area contributed by atoms with Gasteiger partial charge in [-0.3, -0.25) is 24.0 Å². The van der Waals surface area contributed by atoms with Crippen LogP contribution in [0.15, 0.2) is 36.4 Å². The fourth-order valence-corrected chi connectivity index (χ4v) is 6.04. The summed E-state index contributed by atoms with van der Waals surface area (Å²) in [4.78, 5) is 76.4. The fraction of sp³-hybridized carbons (Fsp3) is 0.550. The van der Waals surface area contributed by atoms with Crippen LogP contribution < -0.4 is 31.7 Å². The van der Waals surface area contributed by atoms with Crippen molar-refractivity contribution in [3.05, 3.63) is 64.2 Å². The molecule has 3 atom stereocenters. The third kappa shape index (κ3) is 21.9. The number of amides is 4. The quantitative estimate of drug-likeness (QED) is 0.0606. The summed E-state index contributed by atoms with van der Waals surface area (Å²) in [6, 6.07) is 8.09. The van der Waals surface area contributed by atoms with Gasteiger partial charge in [-0.2, -0.15) is 11.8 Å². The van der Waals surface area contributed by atoms with Crippen molar-refractivity contribution in [2.45, 2.75) is 97.7 Å². The van der Waals surface area contributed by atoms with Crippen LogP contribution in [-0.4, -0.2) is 109 Å². The minimum absolute atomic E-state index is 0. The number of carbonyl (C=O) groups is 6. The number of nitrogens with two attached hydrogens (primary N) is 1. The first-order valence-corrected chi connectivity index (χ1v) is 20.0. The molecule has 17 nitrogen and oxygen atoms in total. The van der Waals surface area contributed by atoms with Crippen molar-refractivity contribution in [3.8, 4) is 5.75 Å². The van der Waals surface area contributed by atoms with Crippen LogP contribution in [0.2, 0.25) is 0 Å². The van der Waals surface area contributed by atoms with E-state index in [1.54, 1.807) is 6.07 Å². The first kappa shape index (κ1) is 58.9. The second-order valence-electron chi connectivity index (χ2n) is 13.8. The van der Waals surface area contributed by atoms with Gasteiger partial charge in [0, 0.05) is 19.4 Å². The molecule has 12 N–H and O–H groups in total. The standard InChI is InChI=1S/C40H59N5O9S.ClH.3H2O/c1-25(2)24-53-40(51)54-34-20-26(3)30(27(4)28(34)5)22-31(41)37(48)45-32(17-19-55-7)38(49)43-23-35(46)44-33(21-29-14-10-8-11-15-29)39(50)42-18-13-9-12-16-36(47)52-6;;;;/h8,10-11,14-15,20,25,31-33H,9,12-13,16-19,21-24,41H2,1-7H3,(H,42,50)(H,43,49)(H,44,46)(H,45,48);1H;3*1H2/t31?,32-,33+;;;;/m1..../s1. The third-order valence-corrected chi connectivity index (χ3v) is 9.53. The lowest BCUT2D eigenvalue weighted by Crippen LogP contribution is -2.54. The SMILES string of the molecule is COC(=O)CCCCCNC(=O)[C@H](Cc1ccccc1)NC(=O)CNC(=O)[C@@H](CCSC)NC(=O)C(N)Cc1c(C)cc(OC(=O)OCC(C)C)c(C)c1C.Cl.O.O.O.